The zero-order valence-corrected chi connectivity index (χ0v) is 12.8. The highest BCUT2D eigenvalue weighted by Crippen LogP contribution is 2.25. The van der Waals surface area contributed by atoms with E-state index in [1.54, 1.807) is 24.5 Å². The van der Waals surface area contributed by atoms with E-state index in [-0.39, 0.29) is 5.75 Å². The largest absolute Gasteiger partial charge is 0.508 e. The summed E-state index contributed by atoms with van der Waals surface area (Å²) in [5.74, 6) is 0.805. The third kappa shape index (κ3) is 2.26. The van der Waals surface area contributed by atoms with Crippen molar-refractivity contribution in [1.82, 2.24) is 24.1 Å². The van der Waals surface area contributed by atoms with E-state index in [4.69, 9.17) is 0 Å². The van der Waals surface area contributed by atoms with Crippen LogP contribution in [-0.4, -0.2) is 29.3 Å². The summed E-state index contributed by atoms with van der Waals surface area (Å²) >= 11 is 0. The van der Waals surface area contributed by atoms with E-state index >= 15 is 0 Å². The summed E-state index contributed by atoms with van der Waals surface area (Å²) in [6.07, 6.45) is 7.29. The number of imidazole rings is 1. The molecule has 0 radical (unpaired) electrons. The molecular weight excluding hydrogens is 292 g/mol. The van der Waals surface area contributed by atoms with E-state index in [1.807, 2.05) is 27.5 Å². The predicted octanol–water partition coefficient (Wildman–Crippen LogP) is 3.11. The van der Waals surface area contributed by atoms with Crippen molar-refractivity contribution < 1.29 is 5.11 Å². The molecule has 23 heavy (non-hydrogen) atoms. The maximum atomic E-state index is 9.70. The van der Waals surface area contributed by atoms with Gasteiger partial charge in [-0.25, -0.2) is 9.97 Å². The van der Waals surface area contributed by atoms with Crippen molar-refractivity contribution in [3.05, 3.63) is 43.0 Å². The number of benzene rings is 1. The molecule has 3 aromatic heterocycles. The number of rotatable bonds is 3. The monoisotopic (exact) mass is 308 g/mol. The molecule has 0 aliphatic carbocycles. The molecule has 0 bridgehead atoms. The highest BCUT2D eigenvalue weighted by Gasteiger charge is 2.11. The number of hydrogen-bond donors (Lipinski definition) is 2. The molecule has 0 aliphatic heterocycles. The smallest absolute Gasteiger partial charge is 0.180 e. The second-order valence-electron chi connectivity index (χ2n) is 5.68. The van der Waals surface area contributed by atoms with Gasteiger partial charge < -0.3 is 10.4 Å². The number of phenols is 1. The van der Waals surface area contributed by atoms with Crippen LogP contribution in [0.4, 0.5) is 11.5 Å². The third-order valence-corrected chi connectivity index (χ3v) is 3.70. The highest BCUT2D eigenvalue weighted by atomic mass is 16.3. The SMILES string of the molecule is CC(C)n1cc(Nc2nc3cc(O)ccc3n3ccnc23)cn1. The number of aromatic nitrogens is 5. The number of nitrogens with one attached hydrogen (secondary N) is 1. The third-order valence-electron chi connectivity index (χ3n) is 3.70. The van der Waals surface area contributed by atoms with E-state index in [0.29, 0.717) is 17.4 Å². The summed E-state index contributed by atoms with van der Waals surface area (Å²) in [7, 11) is 0. The van der Waals surface area contributed by atoms with Crippen molar-refractivity contribution in [3.63, 3.8) is 0 Å². The lowest BCUT2D eigenvalue weighted by Gasteiger charge is -2.08. The minimum Gasteiger partial charge on any atom is -0.508 e. The quantitative estimate of drug-likeness (QED) is 0.608. The lowest BCUT2D eigenvalue weighted by Crippen LogP contribution is -2.01. The van der Waals surface area contributed by atoms with Crippen molar-refractivity contribution in [2.24, 2.45) is 0 Å². The van der Waals surface area contributed by atoms with Gasteiger partial charge >= 0.3 is 0 Å². The first-order chi connectivity index (χ1) is 11.1. The van der Waals surface area contributed by atoms with Crippen LogP contribution in [0.3, 0.4) is 0 Å². The maximum Gasteiger partial charge on any atom is 0.180 e. The molecule has 0 aliphatic rings. The summed E-state index contributed by atoms with van der Waals surface area (Å²) < 4.78 is 3.81. The standard InChI is InChI=1S/C16H16N6O/c1-10(2)22-9-11(8-18-22)19-15-16-17-5-6-21(16)14-4-3-12(23)7-13(14)20-15/h3-10,23H,1-2H3,(H,19,20). The Labute approximate surface area is 132 Å². The first-order valence-corrected chi connectivity index (χ1v) is 7.39. The predicted molar refractivity (Wildman–Crippen MR) is 88.1 cm³/mol. The molecule has 3 heterocycles. The molecule has 0 unspecified atom stereocenters. The molecule has 116 valence electrons. The average Bonchev–Trinajstić information content (AvgIpc) is 3.15. The Balaban J connectivity index is 1.85. The minimum absolute atomic E-state index is 0.183. The Kier molecular flexibility index (Phi) is 2.94. The Morgan fingerprint density at radius 2 is 2.13 bits per heavy atom. The summed E-state index contributed by atoms with van der Waals surface area (Å²) in [4.78, 5) is 8.97. The zero-order chi connectivity index (χ0) is 16.0. The van der Waals surface area contributed by atoms with Gasteiger partial charge in [-0.3, -0.25) is 9.08 Å². The molecule has 0 atom stereocenters. The fourth-order valence-corrected chi connectivity index (χ4v) is 2.55. The molecule has 7 heteroatoms. The number of hydrogen-bond acceptors (Lipinski definition) is 5. The zero-order valence-electron chi connectivity index (χ0n) is 12.8. The van der Waals surface area contributed by atoms with Crippen LogP contribution in [0.1, 0.15) is 19.9 Å². The van der Waals surface area contributed by atoms with E-state index in [1.165, 1.54) is 0 Å². The number of nitrogens with zero attached hydrogens (tertiary/aromatic N) is 5. The number of phenolic OH excluding ortho intramolecular Hbond substituents is 1. The van der Waals surface area contributed by atoms with Gasteiger partial charge in [-0.1, -0.05) is 0 Å². The van der Waals surface area contributed by atoms with Crippen LogP contribution in [0.2, 0.25) is 0 Å². The molecule has 0 fully saturated rings. The molecule has 2 N–H and O–H groups in total. The van der Waals surface area contributed by atoms with Crippen molar-refractivity contribution in [2.45, 2.75) is 19.9 Å². The van der Waals surface area contributed by atoms with Gasteiger partial charge in [0.25, 0.3) is 0 Å². The van der Waals surface area contributed by atoms with Crippen LogP contribution >= 0.6 is 0 Å². The van der Waals surface area contributed by atoms with E-state index in [9.17, 15) is 5.11 Å². The summed E-state index contributed by atoms with van der Waals surface area (Å²) in [5.41, 5.74) is 3.14. The molecule has 0 amide bonds. The fraction of sp³-hybridized carbons (Fsp3) is 0.188. The van der Waals surface area contributed by atoms with E-state index in [0.717, 1.165) is 16.9 Å². The normalized spacial score (nSPS) is 11.6. The van der Waals surface area contributed by atoms with Crippen LogP contribution in [0.15, 0.2) is 43.0 Å². The molecule has 0 spiro atoms. The summed E-state index contributed by atoms with van der Waals surface area (Å²) in [6, 6.07) is 5.40. The van der Waals surface area contributed by atoms with Crippen LogP contribution in [0, 0.1) is 0 Å². The topological polar surface area (TPSA) is 80.3 Å². The van der Waals surface area contributed by atoms with Gasteiger partial charge in [0, 0.05) is 30.7 Å². The van der Waals surface area contributed by atoms with Crippen LogP contribution < -0.4 is 5.32 Å². The molecule has 1 aromatic carbocycles. The van der Waals surface area contributed by atoms with Crippen LogP contribution in [0.25, 0.3) is 16.7 Å². The Bertz CT molecular complexity index is 1000. The first-order valence-electron chi connectivity index (χ1n) is 7.39. The van der Waals surface area contributed by atoms with Crippen molar-refractivity contribution in [2.75, 3.05) is 5.32 Å². The number of fused-ring (bicyclic) bond motifs is 3. The second-order valence-corrected chi connectivity index (χ2v) is 5.68. The van der Waals surface area contributed by atoms with Gasteiger partial charge in [0.05, 0.1) is 22.9 Å². The summed E-state index contributed by atoms with van der Waals surface area (Å²) in [5, 5.41) is 17.3. The average molecular weight is 308 g/mol. The number of aromatic hydroxyl groups is 1. The van der Waals surface area contributed by atoms with Gasteiger partial charge in [-0.15, -0.1) is 0 Å². The summed E-state index contributed by atoms with van der Waals surface area (Å²) in [6.45, 7) is 4.14. The molecule has 4 rings (SSSR count). The van der Waals surface area contributed by atoms with Crippen LogP contribution in [0.5, 0.6) is 5.75 Å². The number of anilines is 2. The molecular formula is C16H16N6O. The fourth-order valence-electron chi connectivity index (χ4n) is 2.55. The maximum absolute atomic E-state index is 9.70. The van der Waals surface area contributed by atoms with Gasteiger partial charge in [-0.2, -0.15) is 5.10 Å². The van der Waals surface area contributed by atoms with E-state index in [2.05, 4.69) is 34.2 Å². The van der Waals surface area contributed by atoms with E-state index < -0.39 is 0 Å². The van der Waals surface area contributed by atoms with Gasteiger partial charge in [0.15, 0.2) is 11.5 Å². The molecule has 7 nitrogen and oxygen atoms in total. The Morgan fingerprint density at radius 1 is 1.26 bits per heavy atom. The lowest BCUT2D eigenvalue weighted by atomic mass is 10.3. The van der Waals surface area contributed by atoms with Crippen molar-refractivity contribution in [1.29, 1.82) is 0 Å². The Morgan fingerprint density at radius 3 is 2.91 bits per heavy atom. The van der Waals surface area contributed by atoms with Crippen LogP contribution in [-0.2, 0) is 0 Å². The minimum atomic E-state index is 0.183. The first kappa shape index (κ1) is 13.6. The van der Waals surface area contributed by atoms with Crippen molar-refractivity contribution in [3.8, 4) is 5.75 Å². The molecule has 0 saturated carbocycles. The lowest BCUT2D eigenvalue weighted by molar-refractivity contribution is 0.476. The van der Waals surface area contributed by atoms with Crippen molar-refractivity contribution >= 4 is 28.2 Å². The van der Waals surface area contributed by atoms with Gasteiger partial charge in [0.1, 0.15) is 5.75 Å². The molecule has 4 aromatic rings. The Hall–Kier alpha value is -3.09. The molecule has 0 saturated heterocycles. The van der Waals surface area contributed by atoms with Gasteiger partial charge in [0.2, 0.25) is 0 Å². The second kappa shape index (κ2) is 4.98. The highest BCUT2D eigenvalue weighted by molar-refractivity contribution is 5.85. The van der Waals surface area contributed by atoms with Gasteiger partial charge in [-0.05, 0) is 26.0 Å².